The Hall–Kier alpha value is -2.14. The number of benzene rings is 1. The minimum absolute atomic E-state index is 0.0786. The molecule has 94 valence electrons. The highest BCUT2D eigenvalue weighted by molar-refractivity contribution is 5.94. The summed E-state index contributed by atoms with van der Waals surface area (Å²) in [6.45, 7) is 1.05. The largest absolute Gasteiger partial charge is 0.352 e. The van der Waals surface area contributed by atoms with Crippen LogP contribution in [0.4, 0.5) is 0 Å². The molecule has 0 fully saturated rings. The number of carbonyl (C=O) groups is 1. The molecule has 2 aromatic rings. The third kappa shape index (κ3) is 3.18. The molecule has 0 saturated heterocycles. The fourth-order valence-corrected chi connectivity index (χ4v) is 1.62. The molecule has 2 rings (SSSR count). The van der Waals surface area contributed by atoms with Crippen LogP contribution >= 0.6 is 0 Å². The monoisotopic (exact) mass is 244 g/mol. The van der Waals surface area contributed by atoms with Crippen molar-refractivity contribution in [1.82, 2.24) is 15.3 Å². The third-order valence-corrected chi connectivity index (χ3v) is 2.65. The van der Waals surface area contributed by atoms with Gasteiger partial charge >= 0.3 is 0 Å². The zero-order chi connectivity index (χ0) is 12.8. The molecule has 1 aromatic carbocycles. The number of hydrogen-bond donors (Lipinski definition) is 3. The Bertz CT molecular complexity index is 490. The van der Waals surface area contributed by atoms with Crippen LogP contribution in [0.25, 0.3) is 0 Å². The molecule has 0 aliphatic rings. The Kier molecular flexibility index (Phi) is 4.09. The quantitative estimate of drug-likeness (QED) is 0.728. The summed E-state index contributed by atoms with van der Waals surface area (Å²) in [5.41, 5.74) is 7.16. The van der Waals surface area contributed by atoms with Crippen LogP contribution in [0.15, 0.2) is 36.7 Å². The summed E-state index contributed by atoms with van der Waals surface area (Å²) in [4.78, 5) is 18.9. The molecule has 4 N–H and O–H groups in total. The van der Waals surface area contributed by atoms with Crippen molar-refractivity contribution in [1.29, 1.82) is 0 Å². The molecule has 0 bridgehead atoms. The van der Waals surface area contributed by atoms with E-state index in [9.17, 15) is 4.79 Å². The number of amides is 1. The van der Waals surface area contributed by atoms with Crippen LogP contribution in [-0.2, 0) is 13.0 Å². The molecule has 0 radical (unpaired) electrons. The summed E-state index contributed by atoms with van der Waals surface area (Å²) in [7, 11) is 0. The van der Waals surface area contributed by atoms with Gasteiger partial charge < -0.3 is 16.0 Å². The zero-order valence-corrected chi connectivity index (χ0v) is 10.0. The second-order valence-corrected chi connectivity index (χ2v) is 3.94. The van der Waals surface area contributed by atoms with Gasteiger partial charge in [0.2, 0.25) is 0 Å². The molecular weight excluding hydrogens is 228 g/mol. The van der Waals surface area contributed by atoms with Gasteiger partial charge in [-0.25, -0.2) is 4.98 Å². The molecule has 1 heterocycles. The van der Waals surface area contributed by atoms with E-state index >= 15 is 0 Å². The molecule has 0 saturated carbocycles. The number of imidazole rings is 1. The number of nitrogens with two attached hydrogens (primary N) is 1. The third-order valence-electron chi connectivity index (χ3n) is 2.65. The Morgan fingerprint density at radius 1 is 1.33 bits per heavy atom. The van der Waals surface area contributed by atoms with Gasteiger partial charge in [0.1, 0.15) is 5.82 Å². The highest BCUT2D eigenvalue weighted by Gasteiger charge is 2.04. The lowest BCUT2D eigenvalue weighted by molar-refractivity contribution is 0.0954. The van der Waals surface area contributed by atoms with E-state index in [1.807, 2.05) is 12.1 Å². The number of H-pyrrole nitrogens is 1. The molecular formula is C13H16N4O. The number of aromatic amines is 1. The maximum absolute atomic E-state index is 11.8. The average molecular weight is 244 g/mol. The first-order chi connectivity index (χ1) is 8.79. The first-order valence-electron chi connectivity index (χ1n) is 5.85. The van der Waals surface area contributed by atoms with Crippen molar-refractivity contribution in [2.75, 3.05) is 6.54 Å². The van der Waals surface area contributed by atoms with Crippen molar-refractivity contribution in [2.45, 2.75) is 13.0 Å². The minimum Gasteiger partial charge on any atom is -0.352 e. The van der Waals surface area contributed by atoms with Gasteiger partial charge in [-0.1, -0.05) is 12.1 Å². The Morgan fingerprint density at radius 2 is 2.11 bits per heavy atom. The Morgan fingerprint density at radius 3 is 2.72 bits per heavy atom. The summed E-state index contributed by atoms with van der Waals surface area (Å²) in [6.07, 6.45) is 4.16. The summed E-state index contributed by atoms with van der Waals surface area (Å²) in [6, 6.07) is 7.29. The van der Waals surface area contributed by atoms with Crippen LogP contribution < -0.4 is 11.1 Å². The molecule has 0 aliphatic heterocycles. The van der Waals surface area contributed by atoms with E-state index in [0.717, 1.165) is 11.4 Å². The fourth-order valence-electron chi connectivity index (χ4n) is 1.62. The number of aromatic nitrogens is 2. The fraction of sp³-hybridized carbons (Fsp3) is 0.231. The van der Waals surface area contributed by atoms with Gasteiger partial charge in [-0.15, -0.1) is 0 Å². The van der Waals surface area contributed by atoms with Gasteiger partial charge in [0, 0.05) is 37.5 Å². The van der Waals surface area contributed by atoms with Crippen molar-refractivity contribution in [3.8, 4) is 0 Å². The van der Waals surface area contributed by atoms with E-state index in [1.165, 1.54) is 0 Å². The van der Waals surface area contributed by atoms with Crippen molar-refractivity contribution in [2.24, 2.45) is 5.73 Å². The molecule has 1 amide bonds. The van der Waals surface area contributed by atoms with Crippen LogP contribution in [0.3, 0.4) is 0 Å². The summed E-state index contributed by atoms with van der Waals surface area (Å²) in [5, 5.41) is 2.84. The number of hydrogen-bond acceptors (Lipinski definition) is 3. The van der Waals surface area contributed by atoms with E-state index < -0.39 is 0 Å². The van der Waals surface area contributed by atoms with Crippen LogP contribution in [-0.4, -0.2) is 22.4 Å². The number of nitrogens with one attached hydrogen (secondary N) is 2. The molecule has 5 nitrogen and oxygen atoms in total. The number of carbonyl (C=O) groups excluding carboxylic acids is 1. The number of rotatable bonds is 5. The second-order valence-electron chi connectivity index (χ2n) is 3.94. The van der Waals surface area contributed by atoms with Crippen molar-refractivity contribution < 1.29 is 4.79 Å². The first-order valence-corrected chi connectivity index (χ1v) is 5.85. The summed E-state index contributed by atoms with van der Waals surface area (Å²) in [5.74, 6) is 0.791. The van der Waals surface area contributed by atoms with E-state index in [2.05, 4.69) is 15.3 Å². The highest BCUT2D eigenvalue weighted by atomic mass is 16.1. The molecule has 0 spiro atoms. The van der Waals surface area contributed by atoms with E-state index in [4.69, 9.17) is 5.73 Å². The molecule has 18 heavy (non-hydrogen) atoms. The van der Waals surface area contributed by atoms with Gasteiger partial charge in [-0.2, -0.15) is 0 Å². The normalized spacial score (nSPS) is 10.3. The maximum atomic E-state index is 11.8. The second kappa shape index (κ2) is 5.97. The van der Waals surface area contributed by atoms with E-state index in [1.54, 1.807) is 24.5 Å². The molecule has 0 atom stereocenters. The molecule has 0 aliphatic carbocycles. The van der Waals surface area contributed by atoms with Gasteiger partial charge in [-0.3, -0.25) is 4.79 Å². The lowest BCUT2D eigenvalue weighted by Gasteiger charge is -2.04. The van der Waals surface area contributed by atoms with Crippen LogP contribution in [0.5, 0.6) is 0 Å². The van der Waals surface area contributed by atoms with Gasteiger partial charge in [0.25, 0.3) is 5.91 Å². The van der Waals surface area contributed by atoms with Crippen molar-refractivity contribution in [3.63, 3.8) is 0 Å². The standard InChI is InChI=1S/C13H16N4O/c14-9-10-1-3-11(4-2-10)13(18)17-6-5-12-15-7-8-16-12/h1-4,7-8H,5-6,9,14H2,(H,15,16)(H,17,18). The van der Waals surface area contributed by atoms with E-state index in [0.29, 0.717) is 25.1 Å². The van der Waals surface area contributed by atoms with E-state index in [-0.39, 0.29) is 5.91 Å². The molecule has 1 aromatic heterocycles. The smallest absolute Gasteiger partial charge is 0.251 e. The topological polar surface area (TPSA) is 83.8 Å². The Balaban J connectivity index is 1.83. The predicted octanol–water partition coefficient (Wildman–Crippen LogP) is 0.841. The SMILES string of the molecule is NCc1ccc(C(=O)NCCc2ncc[nH]2)cc1. The lowest BCUT2D eigenvalue weighted by atomic mass is 10.1. The number of nitrogens with zero attached hydrogens (tertiary/aromatic N) is 1. The molecule has 5 heteroatoms. The zero-order valence-electron chi connectivity index (χ0n) is 10.0. The minimum atomic E-state index is -0.0786. The van der Waals surface area contributed by atoms with Gasteiger partial charge in [-0.05, 0) is 17.7 Å². The lowest BCUT2D eigenvalue weighted by Crippen LogP contribution is -2.25. The summed E-state index contributed by atoms with van der Waals surface area (Å²) >= 11 is 0. The first kappa shape index (κ1) is 12.3. The van der Waals surface area contributed by atoms with Crippen molar-refractivity contribution in [3.05, 3.63) is 53.6 Å². The molecule has 0 unspecified atom stereocenters. The summed E-state index contributed by atoms with van der Waals surface area (Å²) < 4.78 is 0. The highest BCUT2D eigenvalue weighted by Crippen LogP contribution is 2.03. The Labute approximate surface area is 105 Å². The van der Waals surface area contributed by atoms with Gasteiger partial charge in [0.05, 0.1) is 0 Å². The maximum Gasteiger partial charge on any atom is 0.251 e. The van der Waals surface area contributed by atoms with Crippen LogP contribution in [0, 0.1) is 0 Å². The van der Waals surface area contributed by atoms with Crippen LogP contribution in [0.1, 0.15) is 21.7 Å². The van der Waals surface area contributed by atoms with Crippen molar-refractivity contribution >= 4 is 5.91 Å². The average Bonchev–Trinajstić information content (AvgIpc) is 2.92. The van der Waals surface area contributed by atoms with Gasteiger partial charge in [0.15, 0.2) is 0 Å². The van der Waals surface area contributed by atoms with Crippen LogP contribution in [0.2, 0.25) is 0 Å². The predicted molar refractivity (Wildman–Crippen MR) is 69.0 cm³/mol.